The maximum absolute atomic E-state index is 13.7. The van der Waals surface area contributed by atoms with Crippen LogP contribution >= 0.6 is 11.3 Å². The monoisotopic (exact) mass is 480 g/mol. The highest BCUT2D eigenvalue weighted by atomic mass is 32.1. The summed E-state index contributed by atoms with van der Waals surface area (Å²) >= 11 is 1.64. The molecule has 1 amide bonds. The average molecular weight is 481 g/mol. The predicted octanol–water partition coefficient (Wildman–Crippen LogP) is 5.27. The Morgan fingerprint density at radius 2 is 1.85 bits per heavy atom. The number of amides is 1. The van der Waals surface area contributed by atoms with E-state index in [-0.39, 0.29) is 18.5 Å². The topological polar surface area (TPSA) is 70.6 Å². The highest BCUT2D eigenvalue weighted by molar-refractivity contribution is 7.08. The molecule has 0 radical (unpaired) electrons. The number of carbonyl (C=O) groups is 1. The molecular formula is C25H34F2N2O3S. The van der Waals surface area contributed by atoms with E-state index in [1.54, 1.807) is 32.1 Å². The van der Waals surface area contributed by atoms with Gasteiger partial charge in [0.25, 0.3) is 0 Å². The Balaban J connectivity index is 1.75. The molecule has 1 aliphatic carbocycles. The lowest BCUT2D eigenvalue weighted by Crippen LogP contribution is -2.53. The van der Waals surface area contributed by atoms with Crippen LogP contribution < -0.4 is 10.6 Å². The van der Waals surface area contributed by atoms with Gasteiger partial charge in [-0.25, -0.2) is 13.6 Å². The standard InChI is InChI=1S/C25H34F2N2O3S/c1-24(2,3)32-23(31)29-21(13-17-11-19(26)14-20(27)12-17)22(30)15-28-25(8-5-4-6-9-25)18-7-10-33-16-18/h7,10-12,14,16,21-22,28,30H,4-6,8-9,13,15H2,1-3H3,(H,29,31)/t21-,22+/m0/s1. The fourth-order valence-electron chi connectivity index (χ4n) is 4.43. The molecule has 3 rings (SSSR count). The molecule has 5 nitrogen and oxygen atoms in total. The molecule has 0 bridgehead atoms. The smallest absolute Gasteiger partial charge is 0.407 e. The number of carbonyl (C=O) groups excluding carboxylic acids is 1. The normalized spacial score (nSPS) is 17.9. The van der Waals surface area contributed by atoms with Crippen LogP contribution in [0.3, 0.4) is 0 Å². The third-order valence-electron chi connectivity index (χ3n) is 5.98. The maximum atomic E-state index is 13.7. The second-order valence-electron chi connectivity index (χ2n) is 9.84. The highest BCUT2D eigenvalue weighted by Crippen LogP contribution is 2.38. The molecule has 0 unspecified atom stereocenters. The summed E-state index contributed by atoms with van der Waals surface area (Å²) in [5.41, 5.74) is 0.621. The van der Waals surface area contributed by atoms with E-state index in [9.17, 15) is 18.7 Å². The van der Waals surface area contributed by atoms with E-state index in [2.05, 4.69) is 27.5 Å². The number of halogens is 2. The number of rotatable bonds is 8. The Bertz CT molecular complexity index is 889. The minimum absolute atomic E-state index is 0.0578. The highest BCUT2D eigenvalue weighted by Gasteiger charge is 2.35. The fraction of sp³-hybridized carbons (Fsp3) is 0.560. The number of ether oxygens (including phenoxy) is 1. The molecule has 0 aliphatic heterocycles. The van der Waals surface area contributed by atoms with Crippen molar-refractivity contribution >= 4 is 17.4 Å². The van der Waals surface area contributed by atoms with Crippen LogP contribution in [0.25, 0.3) is 0 Å². The summed E-state index contributed by atoms with van der Waals surface area (Å²) in [7, 11) is 0. The van der Waals surface area contributed by atoms with Crippen molar-refractivity contribution in [1.82, 2.24) is 10.6 Å². The summed E-state index contributed by atoms with van der Waals surface area (Å²) in [6.07, 6.45) is 3.69. The number of hydrogen-bond donors (Lipinski definition) is 3. The summed E-state index contributed by atoms with van der Waals surface area (Å²) in [5, 5.41) is 21.5. The van der Waals surface area contributed by atoms with Gasteiger partial charge in [-0.3, -0.25) is 0 Å². The van der Waals surface area contributed by atoms with Gasteiger partial charge in [-0.05, 0) is 80.1 Å². The third kappa shape index (κ3) is 7.48. The first-order chi connectivity index (χ1) is 15.6. The van der Waals surface area contributed by atoms with Crippen LogP contribution in [-0.2, 0) is 16.7 Å². The largest absolute Gasteiger partial charge is 0.444 e. The van der Waals surface area contributed by atoms with Crippen molar-refractivity contribution in [2.45, 2.75) is 82.6 Å². The van der Waals surface area contributed by atoms with Gasteiger partial charge in [-0.15, -0.1) is 0 Å². The van der Waals surface area contributed by atoms with Crippen LogP contribution in [0.1, 0.15) is 64.0 Å². The lowest BCUT2D eigenvalue weighted by atomic mass is 9.77. The lowest BCUT2D eigenvalue weighted by molar-refractivity contribution is 0.0408. The Labute approximate surface area is 198 Å². The molecule has 2 atom stereocenters. The quantitative estimate of drug-likeness (QED) is 0.481. The Hall–Kier alpha value is -2.03. The van der Waals surface area contributed by atoms with E-state index in [0.29, 0.717) is 5.56 Å². The van der Waals surface area contributed by atoms with Crippen molar-refractivity contribution in [3.05, 3.63) is 57.8 Å². The van der Waals surface area contributed by atoms with Crippen LogP contribution in [-0.4, -0.2) is 35.5 Å². The molecule has 3 N–H and O–H groups in total. The van der Waals surface area contributed by atoms with Gasteiger partial charge >= 0.3 is 6.09 Å². The molecule has 0 spiro atoms. The minimum atomic E-state index is -0.999. The number of hydrogen-bond acceptors (Lipinski definition) is 5. The van der Waals surface area contributed by atoms with E-state index in [1.165, 1.54) is 24.1 Å². The Morgan fingerprint density at radius 1 is 1.18 bits per heavy atom. The van der Waals surface area contributed by atoms with Crippen LogP contribution in [0.15, 0.2) is 35.0 Å². The van der Waals surface area contributed by atoms with Crippen molar-refractivity contribution in [2.24, 2.45) is 0 Å². The average Bonchev–Trinajstić information content (AvgIpc) is 3.26. The number of benzene rings is 1. The van der Waals surface area contributed by atoms with Gasteiger partial charge in [0.05, 0.1) is 12.1 Å². The molecule has 0 saturated heterocycles. The molecule has 1 saturated carbocycles. The van der Waals surface area contributed by atoms with Crippen LogP contribution in [0.5, 0.6) is 0 Å². The zero-order valence-corrected chi connectivity index (χ0v) is 20.3. The summed E-state index contributed by atoms with van der Waals surface area (Å²) in [5.74, 6) is -1.40. The van der Waals surface area contributed by atoms with Crippen LogP contribution in [0.2, 0.25) is 0 Å². The van der Waals surface area contributed by atoms with Crippen molar-refractivity contribution in [3.8, 4) is 0 Å². The SMILES string of the molecule is CC(C)(C)OC(=O)N[C@@H](Cc1cc(F)cc(F)c1)[C@H](O)CNC1(c2ccsc2)CCCCC1. The van der Waals surface area contributed by atoms with Gasteiger partial charge in [0.15, 0.2) is 0 Å². The Kier molecular flexibility index (Phi) is 8.48. The van der Waals surface area contributed by atoms with Gasteiger partial charge < -0.3 is 20.5 Å². The van der Waals surface area contributed by atoms with E-state index in [4.69, 9.17) is 4.74 Å². The van der Waals surface area contributed by atoms with Crippen molar-refractivity contribution in [1.29, 1.82) is 0 Å². The van der Waals surface area contributed by atoms with E-state index in [1.807, 2.05) is 0 Å². The van der Waals surface area contributed by atoms with E-state index < -0.39 is 35.5 Å². The summed E-state index contributed by atoms with van der Waals surface area (Å²) in [6, 6.07) is 4.53. The zero-order chi connectivity index (χ0) is 24.1. The molecule has 1 aromatic carbocycles. The lowest BCUT2D eigenvalue weighted by Gasteiger charge is -2.39. The number of alkyl carbamates (subject to hydrolysis) is 1. The molecule has 2 aromatic rings. The first-order valence-corrected chi connectivity index (χ1v) is 12.4. The fourth-order valence-corrected chi connectivity index (χ4v) is 5.18. The molecule has 1 fully saturated rings. The maximum Gasteiger partial charge on any atom is 0.407 e. The Morgan fingerprint density at radius 3 is 2.42 bits per heavy atom. The number of nitrogens with one attached hydrogen (secondary N) is 2. The molecule has 1 heterocycles. The number of aliphatic hydroxyl groups is 1. The number of thiophene rings is 1. The second-order valence-corrected chi connectivity index (χ2v) is 10.6. The van der Waals surface area contributed by atoms with Gasteiger partial charge in [0, 0.05) is 18.2 Å². The third-order valence-corrected chi connectivity index (χ3v) is 6.66. The van der Waals surface area contributed by atoms with Gasteiger partial charge in [0.2, 0.25) is 0 Å². The van der Waals surface area contributed by atoms with Crippen LogP contribution in [0, 0.1) is 11.6 Å². The van der Waals surface area contributed by atoms with Gasteiger partial charge in [-0.1, -0.05) is 19.3 Å². The van der Waals surface area contributed by atoms with Gasteiger partial charge in [-0.2, -0.15) is 11.3 Å². The summed E-state index contributed by atoms with van der Waals surface area (Å²) < 4.78 is 32.8. The van der Waals surface area contributed by atoms with Crippen molar-refractivity contribution in [2.75, 3.05) is 6.54 Å². The van der Waals surface area contributed by atoms with Crippen molar-refractivity contribution < 1.29 is 23.4 Å². The van der Waals surface area contributed by atoms with Gasteiger partial charge in [0.1, 0.15) is 17.2 Å². The molecule has 1 aromatic heterocycles. The van der Waals surface area contributed by atoms with E-state index >= 15 is 0 Å². The second kappa shape index (κ2) is 10.9. The molecular weight excluding hydrogens is 446 g/mol. The van der Waals surface area contributed by atoms with Crippen molar-refractivity contribution in [3.63, 3.8) is 0 Å². The number of aliphatic hydroxyl groups excluding tert-OH is 1. The summed E-state index contributed by atoms with van der Waals surface area (Å²) in [6.45, 7) is 5.45. The first kappa shape index (κ1) is 25.6. The molecule has 33 heavy (non-hydrogen) atoms. The first-order valence-electron chi connectivity index (χ1n) is 11.5. The zero-order valence-electron chi connectivity index (χ0n) is 19.5. The summed E-state index contributed by atoms with van der Waals surface area (Å²) in [4.78, 5) is 12.4. The molecule has 8 heteroatoms. The predicted molar refractivity (Wildman–Crippen MR) is 126 cm³/mol. The minimum Gasteiger partial charge on any atom is -0.444 e. The van der Waals surface area contributed by atoms with E-state index in [0.717, 1.165) is 31.7 Å². The molecule has 1 aliphatic rings. The van der Waals surface area contributed by atoms with Crippen LogP contribution in [0.4, 0.5) is 13.6 Å². The molecule has 182 valence electrons.